The number of rotatable bonds is 6. The molecule has 5 heteroatoms. The summed E-state index contributed by atoms with van der Waals surface area (Å²) in [5, 5.41) is 2.79. The van der Waals surface area contributed by atoms with Crippen molar-refractivity contribution in [1.82, 2.24) is 4.90 Å². The standard InChI is InChI=1S/C20H22N2O2S/c1-22(13-19(23)21-17-8-3-2-4-9-17)20(24)14-25-18-11-10-15-6-5-7-16(15)12-18/h2-4,8-12H,5-7,13-14H2,1H3,(H,21,23). The topological polar surface area (TPSA) is 49.4 Å². The van der Waals surface area contributed by atoms with Crippen LogP contribution in [0.25, 0.3) is 0 Å². The molecule has 0 bridgehead atoms. The fourth-order valence-electron chi connectivity index (χ4n) is 2.92. The van der Waals surface area contributed by atoms with Gasteiger partial charge in [-0.1, -0.05) is 24.3 Å². The van der Waals surface area contributed by atoms with E-state index in [2.05, 4.69) is 23.5 Å². The molecule has 0 radical (unpaired) electrons. The van der Waals surface area contributed by atoms with Crippen molar-refractivity contribution in [3.05, 3.63) is 59.7 Å². The summed E-state index contributed by atoms with van der Waals surface area (Å²) < 4.78 is 0. The zero-order chi connectivity index (χ0) is 17.6. The predicted octanol–water partition coefficient (Wildman–Crippen LogP) is 3.36. The number of carbonyl (C=O) groups excluding carboxylic acids is 2. The van der Waals surface area contributed by atoms with Crippen LogP contribution >= 0.6 is 11.8 Å². The van der Waals surface area contributed by atoms with Crippen LogP contribution in [-0.4, -0.2) is 36.1 Å². The minimum Gasteiger partial charge on any atom is -0.336 e. The van der Waals surface area contributed by atoms with E-state index in [-0.39, 0.29) is 18.4 Å². The molecule has 2 aromatic rings. The molecule has 0 heterocycles. The maximum atomic E-state index is 12.3. The molecule has 1 aliphatic carbocycles. The van der Waals surface area contributed by atoms with Gasteiger partial charge in [0.1, 0.15) is 0 Å². The maximum absolute atomic E-state index is 12.3. The zero-order valence-electron chi connectivity index (χ0n) is 14.3. The first-order valence-corrected chi connectivity index (χ1v) is 9.44. The molecule has 0 atom stereocenters. The minimum absolute atomic E-state index is 0.0475. The summed E-state index contributed by atoms with van der Waals surface area (Å²) in [6.07, 6.45) is 3.53. The number of aryl methyl sites for hydroxylation is 2. The normalized spacial score (nSPS) is 12.5. The van der Waals surface area contributed by atoms with E-state index in [9.17, 15) is 9.59 Å². The van der Waals surface area contributed by atoms with Crippen LogP contribution in [0.1, 0.15) is 17.5 Å². The second-order valence-corrected chi connectivity index (χ2v) is 7.29. The van der Waals surface area contributed by atoms with E-state index in [1.807, 2.05) is 30.3 Å². The van der Waals surface area contributed by atoms with Gasteiger partial charge in [-0.2, -0.15) is 0 Å². The molecule has 0 fully saturated rings. The number of hydrogen-bond donors (Lipinski definition) is 1. The molecular weight excluding hydrogens is 332 g/mol. The predicted molar refractivity (Wildman–Crippen MR) is 102 cm³/mol. The lowest BCUT2D eigenvalue weighted by Gasteiger charge is -2.16. The SMILES string of the molecule is CN(CC(=O)Nc1ccccc1)C(=O)CSc1ccc2c(c1)CCC2. The molecule has 0 unspecified atom stereocenters. The van der Waals surface area contributed by atoms with Gasteiger partial charge in [-0.25, -0.2) is 0 Å². The monoisotopic (exact) mass is 354 g/mol. The number of fused-ring (bicyclic) bond motifs is 1. The first kappa shape index (κ1) is 17.5. The van der Waals surface area contributed by atoms with E-state index in [1.165, 1.54) is 40.6 Å². The van der Waals surface area contributed by atoms with Gasteiger partial charge in [0, 0.05) is 17.6 Å². The molecule has 1 N–H and O–H groups in total. The molecule has 0 saturated heterocycles. The highest BCUT2D eigenvalue weighted by atomic mass is 32.2. The van der Waals surface area contributed by atoms with Crippen molar-refractivity contribution in [2.24, 2.45) is 0 Å². The lowest BCUT2D eigenvalue weighted by Crippen LogP contribution is -2.35. The van der Waals surface area contributed by atoms with Gasteiger partial charge in [0.25, 0.3) is 0 Å². The largest absolute Gasteiger partial charge is 0.336 e. The zero-order valence-corrected chi connectivity index (χ0v) is 15.1. The Hall–Kier alpha value is -2.27. The molecule has 3 rings (SSSR count). The molecule has 2 amide bonds. The number of carbonyl (C=O) groups is 2. The Labute approximate surface area is 152 Å². The molecule has 0 aliphatic heterocycles. The van der Waals surface area contributed by atoms with Crippen molar-refractivity contribution in [2.45, 2.75) is 24.2 Å². The highest BCUT2D eigenvalue weighted by Gasteiger charge is 2.15. The summed E-state index contributed by atoms with van der Waals surface area (Å²) in [4.78, 5) is 26.9. The van der Waals surface area contributed by atoms with Crippen LogP contribution in [0.2, 0.25) is 0 Å². The van der Waals surface area contributed by atoms with Crippen molar-refractivity contribution >= 4 is 29.3 Å². The van der Waals surface area contributed by atoms with E-state index in [4.69, 9.17) is 0 Å². The fraction of sp³-hybridized carbons (Fsp3) is 0.300. The molecule has 0 aromatic heterocycles. The third-order valence-electron chi connectivity index (χ3n) is 4.30. The Morgan fingerprint density at radius 1 is 1.08 bits per heavy atom. The van der Waals surface area contributed by atoms with E-state index in [0.29, 0.717) is 5.75 Å². The lowest BCUT2D eigenvalue weighted by molar-refractivity contribution is -0.131. The van der Waals surface area contributed by atoms with Gasteiger partial charge < -0.3 is 10.2 Å². The number of amides is 2. The van der Waals surface area contributed by atoms with Crippen molar-refractivity contribution in [3.8, 4) is 0 Å². The van der Waals surface area contributed by atoms with Crippen molar-refractivity contribution < 1.29 is 9.59 Å². The molecule has 0 saturated carbocycles. The van der Waals surface area contributed by atoms with Crippen molar-refractivity contribution in [3.63, 3.8) is 0 Å². The Bertz CT molecular complexity index is 762. The quantitative estimate of drug-likeness (QED) is 0.809. The van der Waals surface area contributed by atoms with Gasteiger partial charge in [-0.05, 0) is 54.7 Å². The number of para-hydroxylation sites is 1. The molecule has 130 valence electrons. The third-order valence-corrected chi connectivity index (χ3v) is 5.27. The number of thioether (sulfide) groups is 1. The lowest BCUT2D eigenvalue weighted by atomic mass is 10.1. The van der Waals surface area contributed by atoms with Crippen LogP contribution in [0, 0.1) is 0 Å². The highest BCUT2D eigenvalue weighted by Crippen LogP contribution is 2.27. The second-order valence-electron chi connectivity index (χ2n) is 6.24. The smallest absolute Gasteiger partial charge is 0.243 e. The third kappa shape index (κ3) is 4.86. The van der Waals surface area contributed by atoms with Crippen molar-refractivity contribution in [1.29, 1.82) is 0 Å². The fourth-order valence-corrected chi connectivity index (χ4v) is 3.82. The van der Waals surface area contributed by atoms with E-state index >= 15 is 0 Å². The number of hydrogen-bond acceptors (Lipinski definition) is 3. The summed E-state index contributed by atoms with van der Waals surface area (Å²) in [5.41, 5.74) is 3.58. The van der Waals surface area contributed by atoms with Gasteiger partial charge in [0.15, 0.2) is 0 Å². The molecule has 4 nitrogen and oxygen atoms in total. The number of likely N-dealkylation sites (N-methyl/N-ethyl adjacent to an activating group) is 1. The molecule has 25 heavy (non-hydrogen) atoms. The number of anilines is 1. The molecule has 2 aromatic carbocycles. The Morgan fingerprint density at radius 3 is 2.64 bits per heavy atom. The van der Waals surface area contributed by atoms with Gasteiger partial charge in [-0.3, -0.25) is 9.59 Å². The van der Waals surface area contributed by atoms with Crippen molar-refractivity contribution in [2.75, 3.05) is 24.7 Å². The first-order chi connectivity index (χ1) is 12.1. The van der Waals surface area contributed by atoms with Gasteiger partial charge in [0.05, 0.1) is 12.3 Å². The van der Waals surface area contributed by atoms with Crippen LogP contribution < -0.4 is 5.32 Å². The number of nitrogens with one attached hydrogen (secondary N) is 1. The van der Waals surface area contributed by atoms with E-state index in [1.54, 1.807) is 7.05 Å². The van der Waals surface area contributed by atoms with Crippen LogP contribution in [0.5, 0.6) is 0 Å². The first-order valence-electron chi connectivity index (χ1n) is 8.45. The maximum Gasteiger partial charge on any atom is 0.243 e. The summed E-state index contributed by atoms with van der Waals surface area (Å²) in [5.74, 6) is 0.103. The van der Waals surface area contributed by atoms with Gasteiger partial charge in [0.2, 0.25) is 11.8 Å². The summed E-state index contributed by atoms with van der Waals surface area (Å²) in [7, 11) is 1.66. The average molecular weight is 354 g/mol. The van der Waals surface area contributed by atoms with Gasteiger partial charge in [-0.15, -0.1) is 11.8 Å². The van der Waals surface area contributed by atoms with Crippen LogP contribution in [0.3, 0.4) is 0 Å². The molecular formula is C20H22N2O2S. The van der Waals surface area contributed by atoms with E-state index < -0.39 is 0 Å². The minimum atomic E-state index is -0.190. The highest BCUT2D eigenvalue weighted by molar-refractivity contribution is 8.00. The van der Waals surface area contributed by atoms with E-state index in [0.717, 1.165) is 17.0 Å². The molecule has 1 aliphatic rings. The summed E-state index contributed by atoms with van der Waals surface area (Å²) in [6.45, 7) is 0.0540. The number of nitrogens with zero attached hydrogens (tertiary/aromatic N) is 1. The molecule has 0 spiro atoms. The summed E-state index contributed by atoms with van der Waals surface area (Å²) in [6, 6.07) is 15.7. The van der Waals surface area contributed by atoms with Crippen LogP contribution in [0.15, 0.2) is 53.4 Å². The Balaban J connectivity index is 1.46. The van der Waals surface area contributed by atoms with Crippen LogP contribution in [0.4, 0.5) is 5.69 Å². The number of benzene rings is 2. The Kier molecular flexibility index (Phi) is 5.76. The second kappa shape index (κ2) is 8.21. The van der Waals surface area contributed by atoms with Crippen LogP contribution in [-0.2, 0) is 22.4 Å². The average Bonchev–Trinajstić information content (AvgIpc) is 3.08. The summed E-state index contributed by atoms with van der Waals surface area (Å²) >= 11 is 1.53. The van der Waals surface area contributed by atoms with Gasteiger partial charge >= 0.3 is 0 Å². The Morgan fingerprint density at radius 2 is 1.84 bits per heavy atom.